The summed E-state index contributed by atoms with van der Waals surface area (Å²) in [7, 11) is 0. The minimum atomic E-state index is -0.567. The highest BCUT2D eigenvalue weighted by Crippen LogP contribution is 2.30. The summed E-state index contributed by atoms with van der Waals surface area (Å²) >= 11 is 5.95. The van der Waals surface area contributed by atoms with E-state index in [1.807, 2.05) is 0 Å². The minimum absolute atomic E-state index is 0.0402. The lowest BCUT2D eigenvalue weighted by atomic mass is 10.0. The lowest BCUT2D eigenvalue weighted by Gasteiger charge is -2.22. The Balaban J connectivity index is 1.76. The van der Waals surface area contributed by atoms with Crippen LogP contribution < -0.4 is 10.9 Å². The largest absolute Gasteiger partial charge is 0.506 e. The molecule has 2 heterocycles. The van der Waals surface area contributed by atoms with Gasteiger partial charge in [0.25, 0.3) is 0 Å². The predicted octanol–water partition coefficient (Wildman–Crippen LogP) is 2.60. The van der Waals surface area contributed by atoms with Gasteiger partial charge in [-0.05, 0) is 44.5 Å². The molecule has 1 aliphatic heterocycles. The van der Waals surface area contributed by atoms with Crippen molar-refractivity contribution >= 4 is 28.5 Å². The van der Waals surface area contributed by atoms with Crippen molar-refractivity contribution in [2.45, 2.75) is 39.2 Å². The lowest BCUT2D eigenvalue weighted by Crippen LogP contribution is -2.40. The van der Waals surface area contributed by atoms with Gasteiger partial charge in [0.05, 0.1) is 17.0 Å². The second-order valence-electron chi connectivity index (χ2n) is 6.70. The van der Waals surface area contributed by atoms with Crippen LogP contribution in [0.4, 0.5) is 0 Å². The molecule has 7 heteroatoms. The summed E-state index contributed by atoms with van der Waals surface area (Å²) in [5, 5.41) is 13.4. The van der Waals surface area contributed by atoms with E-state index in [0.717, 1.165) is 25.9 Å². The molecule has 1 aromatic heterocycles. The molecule has 0 aliphatic carbocycles. The van der Waals surface area contributed by atoms with E-state index < -0.39 is 5.63 Å². The Morgan fingerprint density at radius 1 is 1.46 bits per heavy atom. The second kappa shape index (κ2) is 7.68. The van der Waals surface area contributed by atoms with E-state index in [4.69, 9.17) is 16.0 Å². The van der Waals surface area contributed by atoms with Gasteiger partial charge in [-0.15, -0.1) is 0 Å². The van der Waals surface area contributed by atoms with E-state index in [9.17, 15) is 14.7 Å². The first-order chi connectivity index (χ1) is 12.4. The SMILES string of the molecule is CCN1CCC[C@H]1CNC(=O)Cc1c(C)c2cc(Cl)c(O)cc2oc1=O. The third-order valence-electron chi connectivity index (χ3n) is 5.13. The van der Waals surface area contributed by atoms with Gasteiger partial charge in [-0.3, -0.25) is 9.69 Å². The van der Waals surface area contributed by atoms with Crippen molar-refractivity contribution in [3.8, 4) is 5.75 Å². The fourth-order valence-corrected chi connectivity index (χ4v) is 3.76. The van der Waals surface area contributed by atoms with Crippen LogP contribution in [0.25, 0.3) is 11.0 Å². The Hall–Kier alpha value is -2.05. The number of halogens is 1. The molecule has 1 atom stereocenters. The number of likely N-dealkylation sites (N-methyl/N-ethyl adjacent to an activating group) is 1. The van der Waals surface area contributed by atoms with E-state index >= 15 is 0 Å². The molecule has 0 bridgehead atoms. The summed E-state index contributed by atoms with van der Waals surface area (Å²) in [6.45, 7) is 6.50. The van der Waals surface area contributed by atoms with E-state index in [2.05, 4.69) is 17.1 Å². The summed E-state index contributed by atoms with van der Waals surface area (Å²) in [5.74, 6) is -0.350. The lowest BCUT2D eigenvalue weighted by molar-refractivity contribution is -0.120. The molecule has 1 fully saturated rings. The van der Waals surface area contributed by atoms with E-state index in [0.29, 0.717) is 29.1 Å². The number of likely N-dealkylation sites (tertiary alicyclic amines) is 1. The fourth-order valence-electron chi connectivity index (χ4n) is 3.60. The number of aromatic hydroxyl groups is 1. The van der Waals surface area contributed by atoms with Crippen LogP contribution in [-0.2, 0) is 11.2 Å². The molecule has 2 N–H and O–H groups in total. The van der Waals surface area contributed by atoms with Crippen LogP contribution in [-0.4, -0.2) is 41.6 Å². The molecule has 1 saturated heterocycles. The standard InChI is InChI=1S/C19H23ClN2O4/c1-3-22-6-4-5-12(22)10-21-18(24)8-14-11(2)13-7-15(20)16(23)9-17(13)26-19(14)25/h7,9,12,23H,3-6,8,10H2,1-2H3,(H,21,24)/t12-/m0/s1. The van der Waals surface area contributed by atoms with Crippen molar-refractivity contribution in [2.24, 2.45) is 0 Å². The first-order valence-electron chi connectivity index (χ1n) is 8.86. The van der Waals surface area contributed by atoms with E-state index in [1.54, 1.807) is 13.0 Å². The summed E-state index contributed by atoms with van der Waals surface area (Å²) in [5.41, 5.74) is 0.644. The van der Waals surface area contributed by atoms with Gasteiger partial charge in [0.2, 0.25) is 5.91 Å². The van der Waals surface area contributed by atoms with Crippen LogP contribution in [0.1, 0.15) is 30.9 Å². The molecule has 1 aromatic carbocycles. The number of fused-ring (bicyclic) bond motifs is 1. The molecular weight excluding hydrogens is 356 g/mol. The average Bonchev–Trinajstić information content (AvgIpc) is 3.06. The van der Waals surface area contributed by atoms with Crippen LogP contribution in [0.15, 0.2) is 21.3 Å². The Labute approximate surface area is 156 Å². The van der Waals surface area contributed by atoms with Crippen LogP contribution >= 0.6 is 11.6 Å². The Morgan fingerprint density at radius 2 is 2.23 bits per heavy atom. The summed E-state index contributed by atoms with van der Waals surface area (Å²) < 4.78 is 5.26. The molecule has 6 nitrogen and oxygen atoms in total. The third-order valence-corrected chi connectivity index (χ3v) is 5.43. The number of hydrogen-bond donors (Lipinski definition) is 2. The van der Waals surface area contributed by atoms with Crippen molar-refractivity contribution in [1.29, 1.82) is 0 Å². The number of hydrogen-bond acceptors (Lipinski definition) is 5. The molecule has 0 unspecified atom stereocenters. The highest BCUT2D eigenvalue weighted by molar-refractivity contribution is 6.32. The normalized spacial score (nSPS) is 17.7. The maximum Gasteiger partial charge on any atom is 0.340 e. The number of nitrogens with zero attached hydrogens (tertiary/aromatic N) is 1. The molecular formula is C19H23ClN2O4. The Bertz CT molecular complexity index is 893. The number of aryl methyl sites for hydroxylation is 1. The number of carbonyl (C=O) groups is 1. The molecule has 0 spiro atoms. The number of rotatable bonds is 5. The zero-order valence-corrected chi connectivity index (χ0v) is 15.7. The van der Waals surface area contributed by atoms with Gasteiger partial charge in [0.1, 0.15) is 11.3 Å². The smallest absolute Gasteiger partial charge is 0.340 e. The van der Waals surface area contributed by atoms with E-state index in [1.165, 1.54) is 6.07 Å². The van der Waals surface area contributed by atoms with Gasteiger partial charge >= 0.3 is 5.63 Å². The topological polar surface area (TPSA) is 82.8 Å². The van der Waals surface area contributed by atoms with Crippen molar-refractivity contribution in [3.05, 3.63) is 38.7 Å². The summed E-state index contributed by atoms with van der Waals surface area (Å²) in [6, 6.07) is 3.22. The molecule has 3 rings (SSSR count). The van der Waals surface area contributed by atoms with Crippen molar-refractivity contribution in [3.63, 3.8) is 0 Å². The summed E-state index contributed by atoms with van der Waals surface area (Å²) in [4.78, 5) is 27.0. The van der Waals surface area contributed by atoms with Gasteiger partial charge in [-0.25, -0.2) is 4.79 Å². The minimum Gasteiger partial charge on any atom is -0.506 e. The predicted molar refractivity (Wildman–Crippen MR) is 101 cm³/mol. The molecule has 26 heavy (non-hydrogen) atoms. The van der Waals surface area contributed by atoms with Gasteiger partial charge in [0.15, 0.2) is 0 Å². The first kappa shape index (κ1) is 18.7. The number of nitrogens with one attached hydrogen (secondary N) is 1. The van der Waals surface area contributed by atoms with Gasteiger partial charge < -0.3 is 14.8 Å². The zero-order chi connectivity index (χ0) is 18.8. The highest BCUT2D eigenvalue weighted by atomic mass is 35.5. The molecule has 140 valence electrons. The van der Waals surface area contributed by atoms with Gasteiger partial charge in [-0.2, -0.15) is 0 Å². The molecule has 0 radical (unpaired) electrons. The molecule has 2 aromatic rings. The molecule has 1 aliphatic rings. The molecule has 0 saturated carbocycles. The summed E-state index contributed by atoms with van der Waals surface area (Å²) in [6.07, 6.45) is 2.18. The number of amides is 1. The van der Waals surface area contributed by atoms with Crippen LogP contribution in [0.5, 0.6) is 5.75 Å². The van der Waals surface area contributed by atoms with Gasteiger partial charge in [0, 0.05) is 24.0 Å². The maximum absolute atomic E-state index is 12.3. The number of benzene rings is 1. The van der Waals surface area contributed by atoms with Crippen LogP contribution in [0.3, 0.4) is 0 Å². The quantitative estimate of drug-likeness (QED) is 0.781. The van der Waals surface area contributed by atoms with Crippen LogP contribution in [0, 0.1) is 6.92 Å². The maximum atomic E-state index is 12.3. The zero-order valence-electron chi connectivity index (χ0n) is 15.0. The average molecular weight is 379 g/mol. The Kier molecular flexibility index (Phi) is 5.53. The van der Waals surface area contributed by atoms with Crippen LogP contribution in [0.2, 0.25) is 5.02 Å². The molecule has 1 amide bonds. The van der Waals surface area contributed by atoms with E-state index in [-0.39, 0.29) is 28.7 Å². The third kappa shape index (κ3) is 3.71. The number of phenolic OH excluding ortho intramolecular Hbond substituents is 1. The highest BCUT2D eigenvalue weighted by Gasteiger charge is 2.23. The number of carbonyl (C=O) groups excluding carboxylic acids is 1. The van der Waals surface area contributed by atoms with Crippen molar-refractivity contribution in [2.75, 3.05) is 19.6 Å². The fraction of sp³-hybridized carbons (Fsp3) is 0.474. The first-order valence-corrected chi connectivity index (χ1v) is 9.24. The van der Waals surface area contributed by atoms with Crippen molar-refractivity contribution in [1.82, 2.24) is 10.2 Å². The van der Waals surface area contributed by atoms with Gasteiger partial charge in [-0.1, -0.05) is 18.5 Å². The Morgan fingerprint density at radius 3 is 2.96 bits per heavy atom. The monoisotopic (exact) mass is 378 g/mol. The van der Waals surface area contributed by atoms with Crippen molar-refractivity contribution < 1.29 is 14.3 Å². The number of phenols is 1. The second-order valence-corrected chi connectivity index (χ2v) is 7.11.